The molecule has 1 aromatic carbocycles. The van der Waals surface area contributed by atoms with Crippen LogP contribution >= 0.6 is 0 Å². The average molecular weight is 324 g/mol. The Morgan fingerprint density at radius 3 is 2.78 bits per heavy atom. The van der Waals surface area contributed by atoms with Crippen molar-refractivity contribution in [2.24, 2.45) is 5.73 Å². The highest BCUT2D eigenvalue weighted by atomic mass is 19.4. The summed E-state index contributed by atoms with van der Waals surface area (Å²) in [7, 11) is 0. The summed E-state index contributed by atoms with van der Waals surface area (Å²) in [6.07, 6.45) is -2.62. The molecule has 0 amide bonds. The molecule has 0 aliphatic carbocycles. The van der Waals surface area contributed by atoms with Crippen LogP contribution in [0, 0.1) is 6.92 Å². The normalized spacial score (nSPS) is 20.6. The topological polar surface area (TPSA) is 57.4 Å². The maximum Gasteiger partial charge on any atom is 0.573 e. The van der Waals surface area contributed by atoms with Gasteiger partial charge in [-0.15, -0.1) is 13.2 Å². The van der Waals surface area contributed by atoms with Gasteiger partial charge in [0.1, 0.15) is 17.2 Å². The highest BCUT2D eigenvalue weighted by Crippen LogP contribution is 2.40. The Hall–Kier alpha value is -2.28. The lowest BCUT2D eigenvalue weighted by Gasteiger charge is -2.35. The lowest BCUT2D eigenvalue weighted by atomic mass is 9.80. The van der Waals surface area contributed by atoms with E-state index in [1.165, 1.54) is 12.1 Å². The van der Waals surface area contributed by atoms with E-state index in [-0.39, 0.29) is 5.75 Å². The number of ether oxygens (including phenoxy) is 2. The zero-order valence-electron chi connectivity index (χ0n) is 12.4. The predicted octanol–water partition coefficient (Wildman–Crippen LogP) is 3.27. The van der Waals surface area contributed by atoms with Crippen LogP contribution in [0.15, 0.2) is 36.5 Å². The van der Waals surface area contributed by atoms with E-state index in [4.69, 9.17) is 10.5 Å². The maximum atomic E-state index is 12.3. The molecule has 3 rings (SSSR count). The van der Waals surface area contributed by atoms with E-state index >= 15 is 0 Å². The molecule has 2 N–H and O–H groups in total. The Labute approximate surface area is 131 Å². The first-order chi connectivity index (χ1) is 10.8. The second-order valence-electron chi connectivity index (χ2n) is 5.44. The highest BCUT2D eigenvalue weighted by molar-refractivity contribution is 5.48. The molecule has 23 heavy (non-hydrogen) atoms. The van der Waals surface area contributed by atoms with Crippen molar-refractivity contribution in [2.45, 2.75) is 25.2 Å². The third-order valence-electron chi connectivity index (χ3n) is 3.86. The largest absolute Gasteiger partial charge is 0.573 e. The molecule has 7 heteroatoms. The van der Waals surface area contributed by atoms with E-state index < -0.39 is 11.9 Å². The molecule has 2 heterocycles. The van der Waals surface area contributed by atoms with Gasteiger partial charge in [-0.1, -0.05) is 6.07 Å². The average Bonchev–Trinajstić information content (AvgIpc) is 2.46. The van der Waals surface area contributed by atoms with Gasteiger partial charge in [-0.05, 0) is 42.3 Å². The molecule has 1 aromatic heterocycles. The lowest BCUT2D eigenvalue weighted by molar-refractivity contribution is -0.274. The monoisotopic (exact) mass is 324 g/mol. The molecule has 0 bridgehead atoms. The molecule has 0 saturated heterocycles. The summed E-state index contributed by atoms with van der Waals surface area (Å²) < 4.78 is 46.5. The van der Waals surface area contributed by atoms with Crippen LogP contribution in [0.3, 0.4) is 0 Å². The number of nitrogens with two attached hydrogens (primary N) is 1. The molecule has 1 aliphatic heterocycles. The zero-order chi connectivity index (χ0) is 16.7. The molecule has 0 fully saturated rings. The van der Waals surface area contributed by atoms with E-state index in [0.717, 1.165) is 0 Å². The first kappa shape index (κ1) is 15.6. The SMILES string of the molecule is Cc1cc(OC(F)(F)F)ccc1C1(N)CCOc2cccnc21. The van der Waals surface area contributed by atoms with Crippen molar-refractivity contribution < 1.29 is 22.6 Å². The van der Waals surface area contributed by atoms with Gasteiger partial charge in [0.15, 0.2) is 0 Å². The van der Waals surface area contributed by atoms with Gasteiger partial charge in [-0.3, -0.25) is 4.98 Å². The minimum absolute atomic E-state index is 0.268. The highest BCUT2D eigenvalue weighted by Gasteiger charge is 2.38. The van der Waals surface area contributed by atoms with Crippen molar-refractivity contribution in [1.29, 1.82) is 0 Å². The number of aromatic nitrogens is 1. The molecule has 4 nitrogen and oxygen atoms in total. The van der Waals surface area contributed by atoms with Gasteiger partial charge in [0, 0.05) is 12.6 Å². The zero-order valence-corrected chi connectivity index (χ0v) is 12.4. The van der Waals surface area contributed by atoms with Gasteiger partial charge in [0.25, 0.3) is 0 Å². The third kappa shape index (κ3) is 2.96. The van der Waals surface area contributed by atoms with Crippen LogP contribution in [0.1, 0.15) is 23.2 Å². The maximum absolute atomic E-state index is 12.3. The first-order valence-electron chi connectivity index (χ1n) is 7.04. The van der Waals surface area contributed by atoms with Gasteiger partial charge in [-0.2, -0.15) is 0 Å². The number of benzene rings is 1. The lowest BCUT2D eigenvalue weighted by Crippen LogP contribution is -2.43. The first-order valence-corrected chi connectivity index (χ1v) is 7.04. The summed E-state index contributed by atoms with van der Waals surface area (Å²) in [5.74, 6) is 0.326. The second kappa shape index (κ2) is 5.42. The third-order valence-corrected chi connectivity index (χ3v) is 3.86. The molecule has 0 saturated carbocycles. The minimum Gasteiger partial charge on any atom is -0.491 e. The summed E-state index contributed by atoms with van der Waals surface area (Å²) in [4.78, 5) is 4.31. The Morgan fingerprint density at radius 2 is 2.09 bits per heavy atom. The number of aryl methyl sites for hydroxylation is 1. The Kier molecular flexibility index (Phi) is 3.68. The van der Waals surface area contributed by atoms with Crippen molar-refractivity contribution in [3.8, 4) is 11.5 Å². The molecule has 1 atom stereocenters. The molecule has 2 aromatic rings. The van der Waals surface area contributed by atoms with Crippen LogP contribution in [-0.2, 0) is 5.54 Å². The molecular weight excluding hydrogens is 309 g/mol. The van der Waals surface area contributed by atoms with Crippen LogP contribution in [0.4, 0.5) is 13.2 Å². The Morgan fingerprint density at radius 1 is 1.30 bits per heavy atom. The summed E-state index contributed by atoms with van der Waals surface area (Å²) in [5.41, 5.74) is 7.55. The molecule has 0 spiro atoms. The number of nitrogens with zero attached hydrogens (tertiary/aromatic N) is 1. The predicted molar refractivity (Wildman–Crippen MR) is 77.2 cm³/mol. The number of alkyl halides is 3. The number of halogens is 3. The van der Waals surface area contributed by atoms with Crippen LogP contribution in [-0.4, -0.2) is 18.0 Å². The van der Waals surface area contributed by atoms with Crippen molar-refractivity contribution in [2.75, 3.05) is 6.61 Å². The van der Waals surface area contributed by atoms with E-state index in [1.807, 2.05) is 0 Å². The summed E-state index contributed by atoms with van der Waals surface area (Å²) in [6, 6.07) is 7.68. The fourth-order valence-electron chi connectivity index (χ4n) is 2.88. The van der Waals surface area contributed by atoms with Crippen molar-refractivity contribution in [3.05, 3.63) is 53.3 Å². The van der Waals surface area contributed by atoms with Crippen LogP contribution in [0.2, 0.25) is 0 Å². The Bertz CT molecular complexity index is 734. The van der Waals surface area contributed by atoms with E-state index in [2.05, 4.69) is 9.72 Å². The van der Waals surface area contributed by atoms with E-state index in [0.29, 0.717) is 35.6 Å². The summed E-state index contributed by atoms with van der Waals surface area (Å²) in [6.45, 7) is 2.11. The number of rotatable bonds is 2. The Balaban J connectivity index is 2.02. The second-order valence-corrected chi connectivity index (χ2v) is 5.44. The van der Waals surface area contributed by atoms with Crippen LogP contribution < -0.4 is 15.2 Å². The summed E-state index contributed by atoms with van der Waals surface area (Å²) in [5, 5.41) is 0. The standard InChI is InChI=1S/C16H15F3N2O2/c1-10-9-11(23-16(17,18)19)4-5-12(10)15(20)6-8-22-13-3-2-7-21-14(13)15/h2-5,7,9H,6,8,20H2,1H3. The number of fused-ring (bicyclic) bond motifs is 1. The number of pyridine rings is 1. The quantitative estimate of drug-likeness (QED) is 0.921. The van der Waals surface area contributed by atoms with E-state index in [1.54, 1.807) is 31.3 Å². The van der Waals surface area contributed by atoms with Gasteiger partial charge >= 0.3 is 6.36 Å². The van der Waals surface area contributed by atoms with Gasteiger partial charge < -0.3 is 15.2 Å². The van der Waals surface area contributed by atoms with Gasteiger partial charge in [0.2, 0.25) is 0 Å². The van der Waals surface area contributed by atoms with Crippen molar-refractivity contribution in [1.82, 2.24) is 4.98 Å². The van der Waals surface area contributed by atoms with Crippen LogP contribution in [0.25, 0.3) is 0 Å². The van der Waals surface area contributed by atoms with Crippen molar-refractivity contribution >= 4 is 0 Å². The van der Waals surface area contributed by atoms with Gasteiger partial charge in [-0.25, -0.2) is 0 Å². The molecular formula is C16H15F3N2O2. The smallest absolute Gasteiger partial charge is 0.491 e. The van der Waals surface area contributed by atoms with Crippen molar-refractivity contribution in [3.63, 3.8) is 0 Å². The van der Waals surface area contributed by atoms with Gasteiger partial charge in [0.05, 0.1) is 12.1 Å². The fourth-order valence-corrected chi connectivity index (χ4v) is 2.88. The number of hydrogen-bond acceptors (Lipinski definition) is 4. The van der Waals surface area contributed by atoms with Crippen LogP contribution in [0.5, 0.6) is 11.5 Å². The molecule has 122 valence electrons. The molecule has 1 aliphatic rings. The van der Waals surface area contributed by atoms with E-state index in [9.17, 15) is 13.2 Å². The summed E-state index contributed by atoms with van der Waals surface area (Å²) >= 11 is 0. The number of hydrogen-bond donors (Lipinski definition) is 1. The molecule has 1 unspecified atom stereocenters. The fraction of sp³-hybridized carbons (Fsp3) is 0.312. The molecule has 0 radical (unpaired) electrons. The minimum atomic E-state index is -4.72.